The molecule has 0 fully saturated rings. The van der Waals surface area contributed by atoms with Crippen LogP contribution in [-0.2, 0) is 6.42 Å². The second kappa shape index (κ2) is 6.65. The van der Waals surface area contributed by atoms with Crippen LogP contribution in [0.5, 0.6) is 5.75 Å². The van der Waals surface area contributed by atoms with E-state index in [0.29, 0.717) is 24.3 Å². The normalized spacial score (nSPS) is 10.1. The molecule has 0 saturated heterocycles. The van der Waals surface area contributed by atoms with Crippen LogP contribution in [0.4, 0.5) is 5.69 Å². The number of ketones is 1. The Morgan fingerprint density at radius 3 is 2.43 bits per heavy atom. The number of carbonyl (C=O) groups excluding carboxylic acids is 1. The van der Waals surface area contributed by atoms with Gasteiger partial charge in [-0.05, 0) is 24.6 Å². The Morgan fingerprint density at radius 1 is 1.14 bits per heavy atom. The molecule has 0 N–H and O–H groups in total. The van der Waals surface area contributed by atoms with Crippen LogP contribution in [0.25, 0.3) is 0 Å². The first-order valence-electron chi connectivity index (χ1n) is 6.54. The lowest BCUT2D eigenvalue weighted by Gasteiger charge is -2.09. The molecule has 0 atom stereocenters. The van der Waals surface area contributed by atoms with Crippen molar-refractivity contribution in [2.75, 3.05) is 6.61 Å². The summed E-state index contributed by atoms with van der Waals surface area (Å²) < 4.78 is 5.63. The summed E-state index contributed by atoms with van der Waals surface area (Å²) >= 11 is 0. The Bertz CT molecular complexity index is 650. The van der Waals surface area contributed by atoms with Crippen molar-refractivity contribution in [3.8, 4) is 5.75 Å². The zero-order chi connectivity index (χ0) is 15.2. The number of nitro benzene ring substituents is 1. The van der Waals surface area contributed by atoms with E-state index in [1.807, 2.05) is 6.07 Å². The number of hydrogen-bond donors (Lipinski definition) is 0. The topological polar surface area (TPSA) is 69.4 Å². The Balaban J connectivity index is 1.95. The molecule has 0 heterocycles. The summed E-state index contributed by atoms with van der Waals surface area (Å²) in [6.07, 6.45) is 0.615. The zero-order valence-electron chi connectivity index (χ0n) is 11.6. The van der Waals surface area contributed by atoms with Crippen LogP contribution in [-0.4, -0.2) is 17.3 Å². The number of para-hydroxylation sites is 1. The molecule has 2 aromatic carbocycles. The first kappa shape index (κ1) is 14.7. The molecule has 21 heavy (non-hydrogen) atoms. The summed E-state index contributed by atoms with van der Waals surface area (Å²) in [6, 6.07) is 13.4. The van der Waals surface area contributed by atoms with Gasteiger partial charge in [-0.2, -0.15) is 0 Å². The maximum absolute atomic E-state index is 11.5. The predicted molar refractivity (Wildman–Crippen MR) is 78.7 cm³/mol. The molecular formula is C16H15NO4. The molecule has 0 unspecified atom stereocenters. The van der Waals surface area contributed by atoms with Gasteiger partial charge in [-0.3, -0.25) is 14.9 Å². The van der Waals surface area contributed by atoms with Gasteiger partial charge in [0.1, 0.15) is 5.75 Å². The maximum atomic E-state index is 11.5. The summed E-state index contributed by atoms with van der Waals surface area (Å²) in [5.74, 6) is 0.521. The number of benzene rings is 2. The first-order valence-corrected chi connectivity index (χ1v) is 6.54. The van der Waals surface area contributed by atoms with Crippen molar-refractivity contribution in [2.45, 2.75) is 13.3 Å². The van der Waals surface area contributed by atoms with Crippen molar-refractivity contribution >= 4 is 11.5 Å². The molecule has 5 heteroatoms. The van der Waals surface area contributed by atoms with Crippen molar-refractivity contribution < 1.29 is 14.5 Å². The molecule has 0 bridgehead atoms. The summed E-state index contributed by atoms with van der Waals surface area (Å²) in [7, 11) is 0. The number of Topliss-reactive ketones (excluding diaryl/α,β-unsaturated/α-hetero) is 1. The van der Waals surface area contributed by atoms with E-state index in [-0.39, 0.29) is 11.5 Å². The smallest absolute Gasteiger partial charge is 0.269 e. The number of nitro groups is 1. The largest absolute Gasteiger partial charge is 0.492 e. The van der Waals surface area contributed by atoms with Crippen molar-refractivity contribution in [3.63, 3.8) is 0 Å². The minimum atomic E-state index is -0.427. The maximum Gasteiger partial charge on any atom is 0.269 e. The molecule has 0 radical (unpaired) electrons. The first-order chi connectivity index (χ1) is 10.1. The highest BCUT2D eigenvalue weighted by Crippen LogP contribution is 2.19. The van der Waals surface area contributed by atoms with E-state index >= 15 is 0 Å². The third-order valence-electron chi connectivity index (χ3n) is 3.06. The lowest BCUT2D eigenvalue weighted by atomic mass is 10.1. The van der Waals surface area contributed by atoms with Crippen LogP contribution in [0.2, 0.25) is 0 Å². The number of rotatable bonds is 6. The van der Waals surface area contributed by atoms with Gasteiger partial charge >= 0.3 is 0 Å². The number of carbonyl (C=O) groups is 1. The molecule has 2 rings (SSSR count). The van der Waals surface area contributed by atoms with Crippen LogP contribution >= 0.6 is 0 Å². The predicted octanol–water partition coefficient (Wildman–Crippen LogP) is 3.42. The SMILES string of the molecule is CC(=O)c1ccccc1OCCc1ccc([N+](=O)[O-])cc1. The number of hydrogen-bond acceptors (Lipinski definition) is 4. The van der Waals surface area contributed by atoms with Crippen LogP contribution in [0, 0.1) is 10.1 Å². The van der Waals surface area contributed by atoms with E-state index in [2.05, 4.69) is 0 Å². The van der Waals surface area contributed by atoms with Gasteiger partial charge in [-0.1, -0.05) is 24.3 Å². The van der Waals surface area contributed by atoms with Gasteiger partial charge in [-0.25, -0.2) is 0 Å². The fraction of sp³-hybridized carbons (Fsp3) is 0.188. The van der Waals surface area contributed by atoms with Gasteiger partial charge in [0, 0.05) is 18.6 Å². The molecule has 0 aliphatic rings. The monoisotopic (exact) mass is 285 g/mol. The van der Waals surface area contributed by atoms with Gasteiger partial charge in [0.05, 0.1) is 17.1 Å². The highest BCUT2D eigenvalue weighted by Gasteiger charge is 2.08. The summed E-state index contributed by atoms with van der Waals surface area (Å²) in [4.78, 5) is 21.6. The van der Waals surface area contributed by atoms with E-state index in [1.165, 1.54) is 19.1 Å². The Kier molecular flexibility index (Phi) is 4.66. The number of ether oxygens (including phenoxy) is 1. The molecule has 2 aromatic rings. The number of nitrogens with zero attached hydrogens (tertiary/aromatic N) is 1. The van der Waals surface area contributed by atoms with Crippen molar-refractivity contribution in [2.24, 2.45) is 0 Å². The highest BCUT2D eigenvalue weighted by atomic mass is 16.6. The molecule has 0 spiro atoms. The van der Waals surface area contributed by atoms with Crippen molar-refractivity contribution in [1.82, 2.24) is 0 Å². The third kappa shape index (κ3) is 3.89. The fourth-order valence-corrected chi connectivity index (χ4v) is 1.95. The van der Waals surface area contributed by atoms with E-state index in [1.54, 1.807) is 30.3 Å². The lowest BCUT2D eigenvalue weighted by Crippen LogP contribution is -2.05. The second-order valence-electron chi connectivity index (χ2n) is 4.57. The van der Waals surface area contributed by atoms with Crippen LogP contribution in [0.1, 0.15) is 22.8 Å². The molecule has 0 amide bonds. The fourth-order valence-electron chi connectivity index (χ4n) is 1.95. The average Bonchev–Trinajstić information content (AvgIpc) is 2.48. The summed E-state index contributed by atoms with van der Waals surface area (Å²) in [5, 5.41) is 10.6. The highest BCUT2D eigenvalue weighted by molar-refractivity contribution is 5.96. The van der Waals surface area contributed by atoms with Gasteiger partial charge in [0.15, 0.2) is 5.78 Å². The van der Waals surface area contributed by atoms with E-state index in [0.717, 1.165) is 5.56 Å². The molecule has 108 valence electrons. The summed E-state index contributed by atoms with van der Waals surface area (Å²) in [6.45, 7) is 1.90. The van der Waals surface area contributed by atoms with Gasteiger partial charge in [0.2, 0.25) is 0 Å². The lowest BCUT2D eigenvalue weighted by molar-refractivity contribution is -0.384. The quantitative estimate of drug-likeness (QED) is 0.463. The average molecular weight is 285 g/mol. The molecule has 0 aromatic heterocycles. The minimum absolute atomic E-state index is 0.0408. The van der Waals surface area contributed by atoms with Gasteiger partial charge in [-0.15, -0.1) is 0 Å². The number of non-ortho nitro benzene ring substituents is 1. The van der Waals surface area contributed by atoms with Crippen molar-refractivity contribution in [1.29, 1.82) is 0 Å². The van der Waals surface area contributed by atoms with Crippen molar-refractivity contribution in [3.05, 3.63) is 69.8 Å². The zero-order valence-corrected chi connectivity index (χ0v) is 11.6. The molecule has 0 aliphatic carbocycles. The van der Waals surface area contributed by atoms with E-state index in [9.17, 15) is 14.9 Å². The minimum Gasteiger partial charge on any atom is -0.492 e. The molecule has 0 saturated carbocycles. The summed E-state index contributed by atoms with van der Waals surface area (Å²) in [5.41, 5.74) is 1.57. The Hall–Kier alpha value is -2.69. The standard InChI is InChI=1S/C16H15NO4/c1-12(18)15-4-2-3-5-16(15)21-11-10-13-6-8-14(9-7-13)17(19)20/h2-9H,10-11H2,1H3. The van der Waals surface area contributed by atoms with Crippen LogP contribution in [0.3, 0.4) is 0 Å². The van der Waals surface area contributed by atoms with Gasteiger partial charge in [0.25, 0.3) is 5.69 Å². The molecule has 5 nitrogen and oxygen atoms in total. The van der Waals surface area contributed by atoms with Crippen LogP contribution < -0.4 is 4.74 Å². The van der Waals surface area contributed by atoms with Gasteiger partial charge < -0.3 is 4.74 Å². The second-order valence-corrected chi connectivity index (χ2v) is 4.57. The third-order valence-corrected chi connectivity index (χ3v) is 3.06. The van der Waals surface area contributed by atoms with E-state index in [4.69, 9.17) is 4.74 Å². The Morgan fingerprint density at radius 2 is 1.81 bits per heavy atom. The van der Waals surface area contributed by atoms with E-state index < -0.39 is 4.92 Å². The Labute approximate surface area is 122 Å². The molecule has 0 aliphatic heterocycles. The van der Waals surface area contributed by atoms with Crippen LogP contribution in [0.15, 0.2) is 48.5 Å². The molecular weight excluding hydrogens is 270 g/mol.